The second-order valence-electron chi connectivity index (χ2n) is 5.65. The van der Waals surface area contributed by atoms with Crippen LogP contribution in [-0.4, -0.2) is 15.4 Å². The number of benzene rings is 1. The number of aromatic nitrogens is 2. The summed E-state index contributed by atoms with van der Waals surface area (Å²) in [5.41, 5.74) is 1.71. The van der Waals surface area contributed by atoms with Gasteiger partial charge in [-0.2, -0.15) is 0 Å². The van der Waals surface area contributed by atoms with Gasteiger partial charge in [-0.3, -0.25) is 0 Å². The Labute approximate surface area is 131 Å². The lowest BCUT2D eigenvalue weighted by Crippen LogP contribution is -2.12. The smallest absolute Gasteiger partial charge is 0.139 e. The number of aryl methyl sites for hydroxylation is 1. The quantitative estimate of drug-likeness (QED) is 0.703. The topological polar surface area (TPSA) is 17.8 Å². The lowest BCUT2D eigenvalue weighted by atomic mass is 10.1. The van der Waals surface area contributed by atoms with Crippen molar-refractivity contribution in [3.8, 4) is 0 Å². The van der Waals surface area contributed by atoms with E-state index in [0.29, 0.717) is 22.7 Å². The first kappa shape index (κ1) is 14.3. The number of rotatable bonds is 5. The molecule has 1 atom stereocenters. The van der Waals surface area contributed by atoms with E-state index in [1.165, 1.54) is 12.8 Å². The van der Waals surface area contributed by atoms with Gasteiger partial charge < -0.3 is 4.57 Å². The van der Waals surface area contributed by atoms with Crippen molar-refractivity contribution < 1.29 is 4.39 Å². The van der Waals surface area contributed by atoms with E-state index in [4.69, 9.17) is 11.6 Å². The van der Waals surface area contributed by atoms with Crippen molar-refractivity contribution in [1.82, 2.24) is 9.55 Å². The number of imidazole rings is 1. The van der Waals surface area contributed by atoms with Gasteiger partial charge in [0.25, 0.3) is 0 Å². The molecule has 0 saturated heterocycles. The summed E-state index contributed by atoms with van der Waals surface area (Å²) in [6.07, 6.45) is 3.35. The minimum atomic E-state index is -0.241. The fraction of sp³-hybridized carbons (Fsp3) is 0.533. The molecule has 0 radical (unpaired) electrons. The highest BCUT2D eigenvalue weighted by Crippen LogP contribution is 2.38. The van der Waals surface area contributed by atoms with E-state index >= 15 is 0 Å². The van der Waals surface area contributed by atoms with Gasteiger partial charge in [-0.1, -0.05) is 6.92 Å². The molecule has 0 aliphatic heterocycles. The number of hydrogen-bond acceptors (Lipinski definition) is 1. The molecule has 2 aromatic rings. The lowest BCUT2D eigenvalue weighted by molar-refractivity contribution is 0.429. The molecule has 1 aromatic carbocycles. The summed E-state index contributed by atoms with van der Waals surface area (Å²) < 4.78 is 16.4. The van der Waals surface area contributed by atoms with E-state index in [1.807, 2.05) is 0 Å². The molecular weight excluding hydrogens is 343 g/mol. The molecule has 1 saturated carbocycles. The van der Waals surface area contributed by atoms with E-state index < -0.39 is 0 Å². The summed E-state index contributed by atoms with van der Waals surface area (Å²) in [4.78, 5) is 4.62. The number of halogens is 3. The molecule has 108 valence electrons. The zero-order valence-electron chi connectivity index (χ0n) is 11.4. The molecule has 2 nitrogen and oxygen atoms in total. The van der Waals surface area contributed by atoms with Crippen LogP contribution in [0.5, 0.6) is 0 Å². The Bertz CT molecular complexity index is 636. The summed E-state index contributed by atoms with van der Waals surface area (Å²) in [7, 11) is 0. The Morgan fingerprint density at radius 3 is 2.90 bits per heavy atom. The second-order valence-corrected chi connectivity index (χ2v) is 6.88. The largest absolute Gasteiger partial charge is 0.328 e. The summed E-state index contributed by atoms with van der Waals surface area (Å²) in [6.45, 7) is 3.16. The molecule has 3 rings (SSSR count). The Hall–Kier alpha value is -0.610. The van der Waals surface area contributed by atoms with Crippen molar-refractivity contribution in [2.24, 2.45) is 11.8 Å². The molecule has 0 N–H and O–H groups in total. The number of fused-ring (bicyclic) bond motifs is 1. The molecule has 1 fully saturated rings. The predicted molar refractivity (Wildman–Crippen MR) is 83.7 cm³/mol. The van der Waals surface area contributed by atoms with Crippen LogP contribution in [0, 0.1) is 17.7 Å². The highest BCUT2D eigenvalue weighted by atomic mass is 79.9. The minimum absolute atomic E-state index is 0.241. The second kappa shape index (κ2) is 5.64. The van der Waals surface area contributed by atoms with Crippen LogP contribution in [0.2, 0.25) is 0 Å². The average Bonchev–Trinajstić information content (AvgIpc) is 3.20. The van der Waals surface area contributed by atoms with Crippen molar-refractivity contribution in [2.75, 3.05) is 5.88 Å². The van der Waals surface area contributed by atoms with Gasteiger partial charge in [0.15, 0.2) is 0 Å². The first-order valence-electron chi connectivity index (χ1n) is 7.00. The molecule has 0 bridgehead atoms. The third-order valence-electron chi connectivity index (χ3n) is 4.08. The Balaban J connectivity index is 2.04. The molecule has 20 heavy (non-hydrogen) atoms. The number of nitrogens with zero attached hydrogens (tertiary/aromatic N) is 2. The molecule has 1 aromatic heterocycles. The molecule has 1 aliphatic rings. The molecule has 1 aliphatic carbocycles. The Morgan fingerprint density at radius 2 is 2.25 bits per heavy atom. The number of hydrogen-bond donors (Lipinski definition) is 0. The van der Waals surface area contributed by atoms with Crippen LogP contribution in [0.4, 0.5) is 4.39 Å². The summed E-state index contributed by atoms with van der Waals surface area (Å²) in [5.74, 6) is 2.67. The van der Waals surface area contributed by atoms with Gasteiger partial charge in [0, 0.05) is 24.9 Å². The fourth-order valence-electron chi connectivity index (χ4n) is 2.75. The third kappa shape index (κ3) is 2.73. The molecule has 1 unspecified atom stereocenters. The van der Waals surface area contributed by atoms with E-state index in [1.54, 1.807) is 12.1 Å². The summed E-state index contributed by atoms with van der Waals surface area (Å²) >= 11 is 9.10. The van der Waals surface area contributed by atoms with Crippen molar-refractivity contribution in [3.63, 3.8) is 0 Å². The first-order valence-corrected chi connectivity index (χ1v) is 8.33. The summed E-state index contributed by atoms with van der Waals surface area (Å²) in [6, 6.07) is 3.32. The molecular formula is C15H17BrClFN2. The zero-order valence-corrected chi connectivity index (χ0v) is 13.7. The molecule has 0 amide bonds. The normalized spacial score (nSPS) is 16.8. The van der Waals surface area contributed by atoms with Gasteiger partial charge >= 0.3 is 0 Å². The van der Waals surface area contributed by atoms with E-state index in [2.05, 4.69) is 32.4 Å². The monoisotopic (exact) mass is 358 g/mol. The van der Waals surface area contributed by atoms with Gasteiger partial charge in [-0.15, -0.1) is 11.6 Å². The van der Waals surface area contributed by atoms with Crippen LogP contribution in [0.15, 0.2) is 16.6 Å². The van der Waals surface area contributed by atoms with Crippen LogP contribution < -0.4 is 0 Å². The van der Waals surface area contributed by atoms with Crippen molar-refractivity contribution in [1.29, 1.82) is 0 Å². The maximum absolute atomic E-state index is 13.8. The lowest BCUT2D eigenvalue weighted by Gasteiger charge is -2.14. The standard InChI is InChI=1S/C15H17BrClFN2/c1-9(10-2-3-10)8-20-14-7-12(18)11(16)6-13(14)19-15(20)4-5-17/h6-7,9-10H,2-5,8H2,1H3. The molecule has 1 heterocycles. The zero-order chi connectivity index (χ0) is 14.3. The van der Waals surface area contributed by atoms with Gasteiger partial charge in [-0.05, 0) is 46.7 Å². The third-order valence-corrected chi connectivity index (χ3v) is 4.88. The van der Waals surface area contributed by atoms with Crippen LogP contribution in [-0.2, 0) is 13.0 Å². The van der Waals surface area contributed by atoms with Crippen LogP contribution in [0.1, 0.15) is 25.6 Å². The van der Waals surface area contributed by atoms with Crippen LogP contribution in [0.25, 0.3) is 11.0 Å². The number of alkyl halides is 1. The first-order chi connectivity index (χ1) is 9.60. The highest BCUT2D eigenvalue weighted by Gasteiger charge is 2.29. The fourth-order valence-corrected chi connectivity index (χ4v) is 3.25. The maximum Gasteiger partial charge on any atom is 0.139 e. The van der Waals surface area contributed by atoms with Gasteiger partial charge in [0.05, 0.1) is 15.5 Å². The van der Waals surface area contributed by atoms with Crippen LogP contribution in [0.3, 0.4) is 0 Å². The average molecular weight is 360 g/mol. The Kier molecular flexibility index (Phi) is 4.04. The molecule has 5 heteroatoms. The highest BCUT2D eigenvalue weighted by molar-refractivity contribution is 9.10. The van der Waals surface area contributed by atoms with Crippen molar-refractivity contribution in [3.05, 3.63) is 28.2 Å². The van der Waals surface area contributed by atoms with E-state index in [0.717, 1.165) is 29.3 Å². The Morgan fingerprint density at radius 1 is 1.50 bits per heavy atom. The van der Waals surface area contributed by atoms with Gasteiger partial charge in [0.1, 0.15) is 11.6 Å². The maximum atomic E-state index is 13.8. The van der Waals surface area contributed by atoms with Crippen molar-refractivity contribution >= 4 is 38.6 Å². The molecule has 0 spiro atoms. The SMILES string of the molecule is CC(Cn1c(CCCl)nc2cc(Br)c(F)cc21)C1CC1. The minimum Gasteiger partial charge on any atom is -0.328 e. The summed E-state index contributed by atoms with van der Waals surface area (Å²) in [5, 5.41) is 0. The van der Waals surface area contributed by atoms with E-state index in [9.17, 15) is 4.39 Å². The van der Waals surface area contributed by atoms with E-state index in [-0.39, 0.29) is 5.82 Å². The van der Waals surface area contributed by atoms with Crippen LogP contribution >= 0.6 is 27.5 Å². The predicted octanol–water partition coefficient (Wildman–Crippen LogP) is 4.77. The van der Waals surface area contributed by atoms with Crippen molar-refractivity contribution in [2.45, 2.75) is 32.7 Å². The van der Waals surface area contributed by atoms with Gasteiger partial charge in [-0.25, -0.2) is 9.37 Å². The van der Waals surface area contributed by atoms with Gasteiger partial charge in [0.2, 0.25) is 0 Å².